The van der Waals surface area contributed by atoms with Gasteiger partial charge in [0, 0.05) is 12.7 Å². The van der Waals surface area contributed by atoms with Gasteiger partial charge in [-0.3, -0.25) is 4.79 Å². The van der Waals surface area contributed by atoms with Crippen LogP contribution < -0.4 is 4.90 Å². The molecular weight excluding hydrogens is 186 g/mol. The number of hydrogen-bond donors (Lipinski definition) is 0. The fraction of sp³-hybridized carbons (Fsp3) is 0.462. The second-order valence-electron chi connectivity index (χ2n) is 5.26. The molecule has 1 amide bonds. The van der Waals surface area contributed by atoms with E-state index in [0.29, 0.717) is 0 Å². The van der Waals surface area contributed by atoms with E-state index in [1.54, 1.807) is 4.90 Å². The molecule has 1 atom stereocenters. The molecule has 0 bridgehead atoms. The molecule has 1 heterocycles. The third-order valence-corrected chi connectivity index (χ3v) is 3.05. The highest BCUT2D eigenvalue weighted by atomic mass is 16.2. The van der Waals surface area contributed by atoms with Crippen molar-refractivity contribution in [3.05, 3.63) is 29.8 Å². The van der Waals surface area contributed by atoms with Gasteiger partial charge in [0.2, 0.25) is 5.91 Å². The maximum Gasteiger partial charge on any atom is 0.234 e. The minimum Gasteiger partial charge on any atom is -0.315 e. The van der Waals surface area contributed by atoms with Crippen molar-refractivity contribution in [2.24, 2.45) is 5.41 Å². The van der Waals surface area contributed by atoms with E-state index in [1.807, 2.05) is 25.2 Å². The quantitative estimate of drug-likeness (QED) is 0.635. The molecule has 2 nitrogen and oxygen atoms in total. The van der Waals surface area contributed by atoms with Crippen molar-refractivity contribution >= 4 is 11.6 Å². The number of carbonyl (C=O) groups excluding carboxylic acids is 1. The number of benzene rings is 1. The monoisotopic (exact) mass is 203 g/mol. The Balaban J connectivity index is 2.57. The molecule has 0 aliphatic carbocycles. The molecule has 1 aliphatic rings. The number of nitrogens with zero attached hydrogens (tertiary/aromatic N) is 1. The van der Waals surface area contributed by atoms with Crippen LogP contribution in [0.3, 0.4) is 0 Å². The molecule has 0 saturated carbocycles. The van der Waals surface area contributed by atoms with E-state index in [0.717, 1.165) is 11.3 Å². The van der Waals surface area contributed by atoms with Crippen LogP contribution in [-0.2, 0) is 4.79 Å². The third kappa shape index (κ3) is 1.44. The largest absolute Gasteiger partial charge is 0.315 e. The molecule has 1 unspecified atom stereocenters. The van der Waals surface area contributed by atoms with Crippen molar-refractivity contribution < 1.29 is 4.79 Å². The van der Waals surface area contributed by atoms with Crippen LogP contribution in [-0.4, -0.2) is 13.0 Å². The van der Waals surface area contributed by atoms with Crippen molar-refractivity contribution in [2.45, 2.75) is 26.7 Å². The van der Waals surface area contributed by atoms with Gasteiger partial charge in [-0.2, -0.15) is 0 Å². The predicted molar refractivity (Wildman–Crippen MR) is 62.0 cm³/mol. The number of anilines is 1. The van der Waals surface area contributed by atoms with Crippen LogP contribution in [0.2, 0.25) is 0 Å². The summed E-state index contributed by atoms with van der Waals surface area (Å²) in [5.74, 6) is 0.211. The van der Waals surface area contributed by atoms with E-state index in [1.165, 1.54) is 0 Å². The highest BCUT2D eigenvalue weighted by Crippen LogP contribution is 2.45. The molecule has 0 aromatic heterocycles. The fourth-order valence-corrected chi connectivity index (χ4v) is 2.32. The van der Waals surface area contributed by atoms with Crippen LogP contribution in [0.15, 0.2) is 24.3 Å². The molecule has 1 aliphatic heterocycles. The number of rotatable bonds is 0. The smallest absolute Gasteiger partial charge is 0.234 e. The first-order chi connectivity index (χ1) is 6.93. The van der Waals surface area contributed by atoms with Gasteiger partial charge in [-0.25, -0.2) is 0 Å². The zero-order valence-electron chi connectivity index (χ0n) is 9.74. The van der Waals surface area contributed by atoms with Crippen molar-refractivity contribution in [3.63, 3.8) is 0 Å². The van der Waals surface area contributed by atoms with Gasteiger partial charge in [-0.1, -0.05) is 39.0 Å². The Bertz CT molecular complexity index is 403. The maximum absolute atomic E-state index is 12.1. The lowest BCUT2D eigenvalue weighted by molar-refractivity contribution is -0.121. The van der Waals surface area contributed by atoms with Gasteiger partial charge >= 0.3 is 0 Å². The molecule has 0 spiro atoms. The topological polar surface area (TPSA) is 20.3 Å². The Morgan fingerprint density at radius 1 is 1.20 bits per heavy atom. The molecule has 1 aromatic carbocycles. The summed E-state index contributed by atoms with van der Waals surface area (Å²) in [6.45, 7) is 6.35. The second kappa shape index (κ2) is 3.09. The minimum atomic E-state index is -0.0159. The molecule has 2 rings (SSSR count). The van der Waals surface area contributed by atoms with Crippen LogP contribution in [0.1, 0.15) is 32.3 Å². The molecule has 0 fully saturated rings. The number of amides is 1. The molecule has 15 heavy (non-hydrogen) atoms. The van der Waals surface area contributed by atoms with Gasteiger partial charge < -0.3 is 4.90 Å². The minimum absolute atomic E-state index is 0.00120. The molecule has 0 N–H and O–H groups in total. The summed E-state index contributed by atoms with van der Waals surface area (Å²) in [6.07, 6.45) is 0. The van der Waals surface area contributed by atoms with Gasteiger partial charge in [0.1, 0.15) is 0 Å². The van der Waals surface area contributed by atoms with Crippen molar-refractivity contribution in [3.8, 4) is 0 Å². The lowest BCUT2D eigenvalue weighted by Gasteiger charge is -2.25. The van der Waals surface area contributed by atoms with Gasteiger partial charge in [-0.05, 0) is 17.0 Å². The molecule has 0 radical (unpaired) electrons. The van der Waals surface area contributed by atoms with E-state index in [9.17, 15) is 4.79 Å². The zero-order chi connectivity index (χ0) is 11.2. The molecule has 1 aromatic rings. The summed E-state index contributed by atoms with van der Waals surface area (Å²) in [5, 5.41) is 0. The van der Waals surface area contributed by atoms with Crippen LogP contribution >= 0.6 is 0 Å². The average Bonchev–Trinajstić information content (AvgIpc) is 2.39. The summed E-state index contributed by atoms with van der Waals surface area (Å²) < 4.78 is 0. The van der Waals surface area contributed by atoms with Crippen molar-refractivity contribution in [2.75, 3.05) is 11.9 Å². The second-order valence-corrected chi connectivity index (χ2v) is 5.26. The molecule has 2 heteroatoms. The lowest BCUT2D eigenvalue weighted by Crippen LogP contribution is -2.30. The van der Waals surface area contributed by atoms with E-state index < -0.39 is 0 Å². The lowest BCUT2D eigenvalue weighted by atomic mass is 9.77. The SMILES string of the molecule is CN1C(=O)C(C(C)(C)C)c2ccccc21. The summed E-state index contributed by atoms with van der Waals surface area (Å²) in [6, 6.07) is 8.06. The summed E-state index contributed by atoms with van der Waals surface area (Å²) >= 11 is 0. The summed E-state index contributed by atoms with van der Waals surface area (Å²) in [7, 11) is 1.85. The Kier molecular flexibility index (Phi) is 2.10. The number of hydrogen-bond acceptors (Lipinski definition) is 1. The maximum atomic E-state index is 12.1. The van der Waals surface area contributed by atoms with Gasteiger partial charge in [-0.15, -0.1) is 0 Å². The van der Waals surface area contributed by atoms with Crippen molar-refractivity contribution in [1.29, 1.82) is 0 Å². The van der Waals surface area contributed by atoms with Crippen molar-refractivity contribution in [1.82, 2.24) is 0 Å². The van der Waals surface area contributed by atoms with E-state index >= 15 is 0 Å². The molecule has 0 saturated heterocycles. The highest BCUT2D eigenvalue weighted by molar-refractivity contribution is 6.04. The Hall–Kier alpha value is -1.31. The Morgan fingerprint density at radius 3 is 2.40 bits per heavy atom. The predicted octanol–water partition coefficient (Wildman–Crippen LogP) is 2.79. The van der Waals surface area contributed by atoms with Crippen LogP contribution in [0.5, 0.6) is 0 Å². The van der Waals surface area contributed by atoms with E-state index in [4.69, 9.17) is 0 Å². The highest BCUT2D eigenvalue weighted by Gasteiger charge is 2.41. The first-order valence-electron chi connectivity index (χ1n) is 5.29. The van der Waals surface area contributed by atoms with Gasteiger partial charge in [0.15, 0.2) is 0 Å². The third-order valence-electron chi connectivity index (χ3n) is 3.05. The van der Waals surface area contributed by atoms with Gasteiger partial charge in [0.05, 0.1) is 5.92 Å². The standard InChI is InChI=1S/C13H17NO/c1-13(2,3)11-9-7-5-6-8-10(9)14(4)12(11)15/h5-8,11H,1-4H3. The number of para-hydroxylation sites is 1. The molecule has 80 valence electrons. The van der Waals surface area contributed by atoms with Crippen LogP contribution in [0, 0.1) is 5.41 Å². The average molecular weight is 203 g/mol. The first kappa shape index (κ1) is 10.2. The number of fused-ring (bicyclic) bond motifs is 1. The molecular formula is C13H17NO. The number of likely N-dealkylation sites (N-methyl/N-ethyl adjacent to an activating group) is 1. The fourth-order valence-electron chi connectivity index (χ4n) is 2.32. The number of carbonyl (C=O) groups is 1. The first-order valence-corrected chi connectivity index (χ1v) is 5.29. The van der Waals surface area contributed by atoms with Gasteiger partial charge in [0.25, 0.3) is 0 Å². The zero-order valence-corrected chi connectivity index (χ0v) is 9.74. The Morgan fingerprint density at radius 2 is 1.80 bits per heavy atom. The summed E-state index contributed by atoms with van der Waals surface area (Å²) in [5.41, 5.74) is 2.21. The normalized spacial score (nSPS) is 20.7. The Labute approximate surface area is 90.9 Å². The van der Waals surface area contributed by atoms with Crippen LogP contribution in [0.4, 0.5) is 5.69 Å². The van der Waals surface area contributed by atoms with Crippen LogP contribution in [0.25, 0.3) is 0 Å². The summed E-state index contributed by atoms with van der Waals surface area (Å²) in [4.78, 5) is 13.9. The van der Waals surface area contributed by atoms with E-state index in [2.05, 4.69) is 26.8 Å². The van der Waals surface area contributed by atoms with E-state index in [-0.39, 0.29) is 17.2 Å².